The number of allylic oxidation sites excluding steroid dienone is 2. The number of rotatable bonds is 2. The maximum Gasteiger partial charge on any atom is 0.333 e. The standard InChI is InChI=1S/C30H38O6/c1-16-7-8-21(34-25(16)32)18(3)19-11-13-28(6)20(17(19)2)15-29(33)23(28)10-9-22-27(4,5)35-24(31)12-14-30(22)26(29)36-30/h7,11-12,14,18,20-23,26,33H,2,8-10,13,15H2,1,3-6H3/t18-,20+,21-,22+,23+,26-,28-,29-,30+/m1/s1. The molecule has 1 saturated heterocycles. The number of hydrogen-bond acceptors (Lipinski definition) is 6. The number of aliphatic hydroxyl groups is 1. The normalized spacial score (nSPS) is 47.5. The van der Waals surface area contributed by atoms with Gasteiger partial charge in [0, 0.05) is 29.9 Å². The molecule has 194 valence electrons. The highest BCUT2D eigenvalue weighted by Gasteiger charge is 2.78. The van der Waals surface area contributed by atoms with E-state index in [2.05, 4.69) is 26.5 Å². The Bertz CT molecular complexity index is 1140. The van der Waals surface area contributed by atoms with Crippen molar-refractivity contribution in [3.8, 4) is 0 Å². The van der Waals surface area contributed by atoms with Crippen molar-refractivity contribution in [2.75, 3.05) is 0 Å². The third-order valence-corrected chi connectivity index (χ3v) is 10.7. The van der Waals surface area contributed by atoms with Crippen molar-refractivity contribution < 1.29 is 28.9 Å². The molecule has 6 rings (SSSR count). The molecule has 6 heteroatoms. The molecule has 3 aliphatic heterocycles. The molecule has 0 aromatic rings. The second-order valence-electron chi connectivity index (χ2n) is 12.9. The molecule has 1 spiro atoms. The molecule has 0 bridgehead atoms. The van der Waals surface area contributed by atoms with Gasteiger partial charge in [-0.25, -0.2) is 9.59 Å². The van der Waals surface area contributed by atoms with E-state index in [9.17, 15) is 14.7 Å². The fourth-order valence-electron chi connectivity index (χ4n) is 8.68. The predicted octanol–water partition coefficient (Wildman–Crippen LogP) is 4.58. The van der Waals surface area contributed by atoms with Gasteiger partial charge in [-0.3, -0.25) is 0 Å². The predicted molar refractivity (Wildman–Crippen MR) is 134 cm³/mol. The maximum atomic E-state index is 12.4. The highest BCUT2D eigenvalue weighted by Crippen LogP contribution is 2.70. The van der Waals surface area contributed by atoms with Crippen molar-refractivity contribution in [2.45, 2.75) is 95.7 Å². The average molecular weight is 495 g/mol. The molecule has 0 unspecified atom stereocenters. The summed E-state index contributed by atoms with van der Waals surface area (Å²) in [5, 5.41) is 12.4. The average Bonchev–Trinajstić information content (AvgIpc) is 3.51. The van der Waals surface area contributed by atoms with E-state index >= 15 is 0 Å². The first-order chi connectivity index (χ1) is 16.8. The van der Waals surface area contributed by atoms with E-state index in [1.54, 1.807) is 6.92 Å². The zero-order valence-corrected chi connectivity index (χ0v) is 22.0. The second kappa shape index (κ2) is 7.44. The van der Waals surface area contributed by atoms with Crippen LogP contribution in [-0.4, -0.2) is 46.1 Å². The van der Waals surface area contributed by atoms with Crippen molar-refractivity contribution >= 4 is 11.9 Å². The third kappa shape index (κ3) is 3.10. The number of cyclic esters (lactones) is 2. The molecule has 3 heterocycles. The van der Waals surface area contributed by atoms with Gasteiger partial charge < -0.3 is 19.3 Å². The number of carbonyl (C=O) groups is 2. The molecule has 0 aromatic carbocycles. The fourth-order valence-corrected chi connectivity index (χ4v) is 8.68. The molecule has 0 amide bonds. The summed E-state index contributed by atoms with van der Waals surface area (Å²) in [4.78, 5) is 24.5. The summed E-state index contributed by atoms with van der Waals surface area (Å²) in [6.07, 6.45) is 10.8. The van der Waals surface area contributed by atoms with Gasteiger partial charge >= 0.3 is 11.9 Å². The molecule has 3 fully saturated rings. The largest absolute Gasteiger partial charge is 0.458 e. The molecule has 1 N–H and O–H groups in total. The summed E-state index contributed by atoms with van der Waals surface area (Å²) < 4.78 is 18.0. The molecule has 0 aromatic heterocycles. The minimum atomic E-state index is -1.01. The Morgan fingerprint density at radius 2 is 1.86 bits per heavy atom. The monoisotopic (exact) mass is 494 g/mol. The minimum Gasteiger partial charge on any atom is -0.458 e. The van der Waals surface area contributed by atoms with Crippen molar-refractivity contribution in [3.63, 3.8) is 0 Å². The van der Waals surface area contributed by atoms with Gasteiger partial charge in [-0.05, 0) is 80.9 Å². The lowest BCUT2D eigenvalue weighted by Crippen LogP contribution is -2.47. The number of esters is 2. The van der Waals surface area contributed by atoms with E-state index < -0.39 is 16.8 Å². The third-order valence-electron chi connectivity index (χ3n) is 10.7. The first-order valence-corrected chi connectivity index (χ1v) is 13.4. The van der Waals surface area contributed by atoms with Crippen molar-refractivity contribution in [1.82, 2.24) is 0 Å². The van der Waals surface area contributed by atoms with Gasteiger partial charge in [0.1, 0.15) is 23.4 Å². The molecule has 3 aliphatic carbocycles. The Balaban J connectivity index is 1.31. The summed E-state index contributed by atoms with van der Waals surface area (Å²) in [6, 6.07) is 0. The lowest BCUT2D eigenvalue weighted by Gasteiger charge is -2.44. The van der Waals surface area contributed by atoms with Crippen LogP contribution in [0.15, 0.2) is 47.6 Å². The van der Waals surface area contributed by atoms with E-state index in [4.69, 9.17) is 14.2 Å². The number of carbonyl (C=O) groups excluding carboxylic acids is 2. The molecular weight excluding hydrogens is 456 g/mol. The zero-order valence-electron chi connectivity index (χ0n) is 22.0. The fraction of sp³-hybridized carbons (Fsp3) is 0.667. The van der Waals surface area contributed by atoms with Crippen LogP contribution in [0.5, 0.6) is 0 Å². The molecule has 36 heavy (non-hydrogen) atoms. The highest BCUT2D eigenvalue weighted by molar-refractivity contribution is 5.88. The van der Waals surface area contributed by atoms with E-state index in [0.29, 0.717) is 18.4 Å². The van der Waals surface area contributed by atoms with Crippen molar-refractivity contribution in [1.29, 1.82) is 0 Å². The molecular formula is C30H38O6. The van der Waals surface area contributed by atoms with Crippen molar-refractivity contribution in [2.24, 2.45) is 29.1 Å². The number of hydrogen-bond donors (Lipinski definition) is 1. The Hall–Kier alpha value is -2.18. The van der Waals surface area contributed by atoms with Gasteiger partial charge in [0.15, 0.2) is 0 Å². The van der Waals surface area contributed by atoms with Gasteiger partial charge in [0.2, 0.25) is 0 Å². The van der Waals surface area contributed by atoms with Crippen LogP contribution in [-0.2, 0) is 23.8 Å². The lowest BCUT2D eigenvalue weighted by molar-refractivity contribution is -0.156. The van der Waals surface area contributed by atoms with E-state index in [-0.39, 0.29) is 53.2 Å². The lowest BCUT2D eigenvalue weighted by atomic mass is 9.61. The number of epoxide rings is 1. The Kier molecular flexibility index (Phi) is 5.00. The van der Waals surface area contributed by atoms with Gasteiger partial charge in [-0.1, -0.05) is 32.6 Å². The highest BCUT2D eigenvalue weighted by atomic mass is 16.6. The Labute approximate surface area is 213 Å². The van der Waals surface area contributed by atoms with Crippen LogP contribution in [0.25, 0.3) is 0 Å². The van der Waals surface area contributed by atoms with Crippen LogP contribution in [0.2, 0.25) is 0 Å². The Morgan fingerprint density at radius 3 is 2.58 bits per heavy atom. The summed E-state index contributed by atoms with van der Waals surface area (Å²) in [5.74, 6) is -0.395. The van der Waals surface area contributed by atoms with E-state index in [1.165, 1.54) is 6.08 Å². The van der Waals surface area contributed by atoms with Crippen LogP contribution < -0.4 is 0 Å². The summed E-state index contributed by atoms with van der Waals surface area (Å²) in [6.45, 7) is 14.7. The first-order valence-electron chi connectivity index (χ1n) is 13.4. The van der Waals surface area contributed by atoms with Gasteiger partial charge in [-0.15, -0.1) is 0 Å². The first kappa shape index (κ1) is 24.2. The van der Waals surface area contributed by atoms with Crippen LogP contribution in [0.1, 0.15) is 66.7 Å². The van der Waals surface area contributed by atoms with Crippen LogP contribution in [0.3, 0.4) is 0 Å². The van der Waals surface area contributed by atoms with E-state index in [1.807, 2.05) is 26.0 Å². The maximum absolute atomic E-state index is 12.4. The topological polar surface area (TPSA) is 85.4 Å². The van der Waals surface area contributed by atoms with Crippen LogP contribution >= 0.6 is 0 Å². The smallest absolute Gasteiger partial charge is 0.333 e. The molecule has 9 atom stereocenters. The Morgan fingerprint density at radius 1 is 1.14 bits per heavy atom. The zero-order chi connectivity index (χ0) is 25.8. The van der Waals surface area contributed by atoms with Gasteiger partial charge in [0.05, 0.1) is 5.60 Å². The molecule has 2 saturated carbocycles. The molecule has 0 radical (unpaired) electrons. The molecule has 6 aliphatic rings. The summed E-state index contributed by atoms with van der Waals surface area (Å²) in [5.41, 5.74) is 0.385. The second-order valence-corrected chi connectivity index (χ2v) is 12.9. The summed E-state index contributed by atoms with van der Waals surface area (Å²) in [7, 11) is 0. The van der Waals surface area contributed by atoms with Crippen LogP contribution in [0, 0.1) is 29.1 Å². The quantitative estimate of drug-likeness (QED) is 0.447. The summed E-state index contributed by atoms with van der Waals surface area (Å²) >= 11 is 0. The van der Waals surface area contributed by atoms with Gasteiger partial charge in [0.25, 0.3) is 0 Å². The number of ether oxygens (including phenoxy) is 3. The van der Waals surface area contributed by atoms with E-state index in [0.717, 1.165) is 30.4 Å². The molecule has 6 nitrogen and oxygen atoms in total. The number of fused-ring (bicyclic) bond motifs is 4. The minimum absolute atomic E-state index is 0.00945. The van der Waals surface area contributed by atoms with Gasteiger partial charge in [-0.2, -0.15) is 0 Å². The van der Waals surface area contributed by atoms with Crippen molar-refractivity contribution in [3.05, 3.63) is 47.6 Å². The SMILES string of the molecule is C=C1C([C@@H](C)[C@H]2CC=C(C)C(=O)O2)=CC[C@]2(C)[C@H]1C[C@]1(O)[C@H]3O[C@]34C=CC(=O)OC(C)(C)[C@@H]4CC[C@@H]21. The van der Waals surface area contributed by atoms with Crippen LogP contribution in [0.4, 0.5) is 0 Å².